The van der Waals surface area contributed by atoms with E-state index in [4.69, 9.17) is 20.9 Å². The summed E-state index contributed by atoms with van der Waals surface area (Å²) in [6.45, 7) is 9.50. The van der Waals surface area contributed by atoms with E-state index < -0.39 is 17.4 Å². The molecule has 0 aromatic heterocycles. The predicted octanol–water partition coefficient (Wildman–Crippen LogP) is 1.15. The van der Waals surface area contributed by atoms with Crippen LogP contribution in [0, 0.1) is 0 Å². The summed E-state index contributed by atoms with van der Waals surface area (Å²) in [5.74, 6) is -0.371. The number of ether oxygens (including phenoxy) is 2. The van der Waals surface area contributed by atoms with Crippen LogP contribution >= 0.6 is 0 Å². The van der Waals surface area contributed by atoms with Crippen molar-refractivity contribution >= 4 is 5.97 Å². The van der Waals surface area contributed by atoms with Gasteiger partial charge in [0.1, 0.15) is 17.4 Å². The molecule has 102 valence electrons. The minimum absolute atomic E-state index is 0.371. The Morgan fingerprint density at radius 2 is 1.82 bits per heavy atom. The Kier molecular flexibility index (Phi) is 6.09. The Balaban J connectivity index is 4.08. The third-order valence-electron chi connectivity index (χ3n) is 2.30. The number of rotatable bonds is 7. The average Bonchev–Trinajstić information content (AvgIpc) is 2.13. The molecule has 0 rings (SSSR count). The maximum atomic E-state index is 11.5. The Bertz CT molecular complexity index is 247. The number of carbonyl (C=O) groups excluding carboxylic acids is 1. The van der Waals surface area contributed by atoms with E-state index in [-0.39, 0.29) is 5.97 Å². The van der Waals surface area contributed by atoms with E-state index in [1.165, 1.54) is 0 Å². The molecule has 1 atom stereocenters. The van der Waals surface area contributed by atoms with E-state index in [0.29, 0.717) is 19.4 Å². The molecule has 0 saturated heterocycles. The highest BCUT2D eigenvalue weighted by Gasteiger charge is 2.26. The first-order valence-corrected chi connectivity index (χ1v) is 5.98. The molecule has 0 aliphatic rings. The van der Waals surface area contributed by atoms with Crippen molar-refractivity contribution in [2.45, 2.75) is 64.8 Å². The average molecular weight is 246 g/mol. The number of esters is 1. The lowest BCUT2D eigenvalue weighted by Gasteiger charge is -2.28. The summed E-state index contributed by atoms with van der Waals surface area (Å²) in [5.41, 5.74) is 10.0. The van der Waals surface area contributed by atoms with Crippen LogP contribution in [0.3, 0.4) is 0 Å². The number of hydrogen-bond donors (Lipinski definition) is 2. The molecule has 4 N–H and O–H groups in total. The predicted molar refractivity (Wildman–Crippen MR) is 67.3 cm³/mol. The summed E-state index contributed by atoms with van der Waals surface area (Å²) in [5, 5.41) is 0. The Hall–Kier alpha value is -0.650. The first-order valence-electron chi connectivity index (χ1n) is 5.98. The summed E-state index contributed by atoms with van der Waals surface area (Å²) in [6.07, 6.45) is 1.15. The van der Waals surface area contributed by atoms with Crippen LogP contribution in [0.15, 0.2) is 0 Å². The van der Waals surface area contributed by atoms with Gasteiger partial charge in [-0.3, -0.25) is 4.79 Å². The summed E-state index contributed by atoms with van der Waals surface area (Å²) >= 11 is 0. The van der Waals surface area contributed by atoms with Gasteiger partial charge in [-0.25, -0.2) is 0 Å². The Morgan fingerprint density at radius 3 is 2.24 bits per heavy atom. The fourth-order valence-corrected chi connectivity index (χ4v) is 1.13. The zero-order valence-electron chi connectivity index (χ0n) is 11.6. The molecule has 0 aromatic rings. The van der Waals surface area contributed by atoms with E-state index >= 15 is 0 Å². The molecule has 5 nitrogen and oxygen atoms in total. The van der Waals surface area contributed by atoms with E-state index in [2.05, 4.69) is 0 Å². The highest BCUT2D eigenvalue weighted by atomic mass is 16.6. The van der Waals surface area contributed by atoms with Crippen LogP contribution in [0.5, 0.6) is 0 Å². The first kappa shape index (κ1) is 16.4. The fraction of sp³-hybridized carbons (Fsp3) is 0.917. The van der Waals surface area contributed by atoms with Crippen molar-refractivity contribution < 1.29 is 14.3 Å². The third kappa shape index (κ3) is 8.12. The molecule has 0 aromatic carbocycles. The van der Waals surface area contributed by atoms with Crippen LogP contribution in [0.4, 0.5) is 0 Å². The standard InChI is InChI=1S/C12H26N2O3/c1-6-9(13)10(15)17-11(2,3)7-8-16-12(4,5)14/h9H,6-8,13-14H2,1-5H3. The number of carbonyl (C=O) groups is 1. The lowest BCUT2D eigenvalue weighted by molar-refractivity contribution is -0.160. The van der Waals surface area contributed by atoms with Gasteiger partial charge in [-0.1, -0.05) is 6.92 Å². The molecule has 0 heterocycles. The number of nitrogens with two attached hydrogens (primary N) is 2. The summed E-state index contributed by atoms with van der Waals surface area (Å²) in [4.78, 5) is 11.5. The van der Waals surface area contributed by atoms with Crippen molar-refractivity contribution in [2.75, 3.05) is 6.61 Å². The van der Waals surface area contributed by atoms with Gasteiger partial charge in [-0.15, -0.1) is 0 Å². The van der Waals surface area contributed by atoms with Gasteiger partial charge in [0.2, 0.25) is 0 Å². The van der Waals surface area contributed by atoms with Crippen LogP contribution in [0.2, 0.25) is 0 Å². The number of hydrogen-bond acceptors (Lipinski definition) is 5. The Labute approximate surface area is 104 Å². The molecule has 0 spiro atoms. The zero-order valence-corrected chi connectivity index (χ0v) is 11.6. The topological polar surface area (TPSA) is 87.6 Å². The van der Waals surface area contributed by atoms with Gasteiger partial charge in [0.25, 0.3) is 0 Å². The van der Waals surface area contributed by atoms with Crippen molar-refractivity contribution in [3.05, 3.63) is 0 Å². The van der Waals surface area contributed by atoms with Crippen molar-refractivity contribution in [1.82, 2.24) is 0 Å². The van der Waals surface area contributed by atoms with Gasteiger partial charge in [-0.2, -0.15) is 0 Å². The van der Waals surface area contributed by atoms with Crippen LogP contribution < -0.4 is 11.5 Å². The molecule has 17 heavy (non-hydrogen) atoms. The summed E-state index contributed by atoms with van der Waals surface area (Å²) < 4.78 is 10.7. The second-order valence-corrected chi connectivity index (χ2v) is 5.40. The van der Waals surface area contributed by atoms with Gasteiger partial charge >= 0.3 is 5.97 Å². The minimum atomic E-state index is -0.667. The smallest absolute Gasteiger partial charge is 0.323 e. The molecule has 0 radical (unpaired) electrons. The van der Waals surface area contributed by atoms with Gasteiger partial charge < -0.3 is 20.9 Å². The Morgan fingerprint density at radius 1 is 1.29 bits per heavy atom. The quantitative estimate of drug-likeness (QED) is 0.519. The van der Waals surface area contributed by atoms with Crippen molar-refractivity contribution in [3.63, 3.8) is 0 Å². The maximum absolute atomic E-state index is 11.5. The van der Waals surface area contributed by atoms with Crippen molar-refractivity contribution in [2.24, 2.45) is 11.5 Å². The van der Waals surface area contributed by atoms with E-state index in [1.54, 1.807) is 13.8 Å². The molecule has 0 amide bonds. The normalized spacial score (nSPS) is 14.5. The summed E-state index contributed by atoms with van der Waals surface area (Å²) in [7, 11) is 0. The molecule has 1 unspecified atom stereocenters. The third-order valence-corrected chi connectivity index (χ3v) is 2.30. The largest absolute Gasteiger partial charge is 0.458 e. The van der Waals surface area contributed by atoms with E-state index in [0.717, 1.165) is 0 Å². The van der Waals surface area contributed by atoms with Crippen molar-refractivity contribution in [3.8, 4) is 0 Å². The highest BCUT2D eigenvalue weighted by Crippen LogP contribution is 2.17. The molecular formula is C12H26N2O3. The first-order chi connectivity index (χ1) is 7.57. The molecule has 0 fully saturated rings. The lowest BCUT2D eigenvalue weighted by Crippen LogP contribution is -2.40. The summed E-state index contributed by atoms with van der Waals surface area (Å²) in [6, 6.07) is -0.554. The molecule has 0 aliphatic carbocycles. The van der Waals surface area contributed by atoms with Gasteiger partial charge in [0.05, 0.1) is 6.61 Å². The van der Waals surface area contributed by atoms with Gasteiger partial charge in [0.15, 0.2) is 0 Å². The molecule has 0 aliphatic heterocycles. The molecule has 0 saturated carbocycles. The van der Waals surface area contributed by atoms with Crippen LogP contribution in [-0.2, 0) is 14.3 Å². The molecule has 5 heteroatoms. The second kappa shape index (κ2) is 6.33. The minimum Gasteiger partial charge on any atom is -0.458 e. The molecular weight excluding hydrogens is 220 g/mol. The lowest BCUT2D eigenvalue weighted by atomic mass is 10.1. The van der Waals surface area contributed by atoms with E-state index in [1.807, 2.05) is 20.8 Å². The van der Waals surface area contributed by atoms with Gasteiger partial charge in [-0.05, 0) is 34.1 Å². The fourth-order valence-electron chi connectivity index (χ4n) is 1.13. The maximum Gasteiger partial charge on any atom is 0.323 e. The van der Waals surface area contributed by atoms with Crippen LogP contribution in [0.25, 0.3) is 0 Å². The molecule has 0 bridgehead atoms. The second-order valence-electron chi connectivity index (χ2n) is 5.40. The van der Waals surface area contributed by atoms with Crippen molar-refractivity contribution in [1.29, 1.82) is 0 Å². The highest BCUT2D eigenvalue weighted by molar-refractivity contribution is 5.75. The monoisotopic (exact) mass is 246 g/mol. The van der Waals surface area contributed by atoms with Crippen LogP contribution in [-0.4, -0.2) is 29.9 Å². The SMILES string of the molecule is CCC(N)C(=O)OC(C)(C)CCOC(C)(C)N. The van der Waals surface area contributed by atoms with E-state index in [9.17, 15) is 4.79 Å². The zero-order chi connectivity index (χ0) is 13.7. The van der Waals surface area contributed by atoms with Gasteiger partial charge in [0, 0.05) is 6.42 Å². The van der Waals surface area contributed by atoms with Crippen LogP contribution in [0.1, 0.15) is 47.5 Å².